The van der Waals surface area contributed by atoms with Crippen LogP contribution >= 0.6 is 0 Å². The van der Waals surface area contributed by atoms with Gasteiger partial charge in [-0.2, -0.15) is 0 Å². The van der Waals surface area contributed by atoms with Crippen LogP contribution in [-0.2, 0) is 14.4 Å². The number of ketones is 1. The number of imide groups is 1. The number of nitrogens with one attached hydrogen (secondary N) is 1. The first-order valence-corrected chi connectivity index (χ1v) is 7.74. The van der Waals surface area contributed by atoms with Crippen molar-refractivity contribution in [3.63, 3.8) is 0 Å². The predicted octanol–water partition coefficient (Wildman–Crippen LogP) is 1.77. The Labute approximate surface area is 140 Å². The zero-order valence-corrected chi connectivity index (χ0v) is 13.8. The fourth-order valence-electron chi connectivity index (χ4n) is 2.51. The minimum atomic E-state index is -0.270. The molecule has 1 aromatic carbocycles. The molecule has 0 atom stereocenters. The number of benzene rings is 1. The third kappa shape index (κ3) is 4.18. The first-order valence-electron chi connectivity index (χ1n) is 7.74. The van der Waals surface area contributed by atoms with Crippen LogP contribution in [0.5, 0.6) is 5.75 Å². The fraction of sp³-hybridized carbons (Fsp3) is 0.412. The van der Waals surface area contributed by atoms with Crippen LogP contribution in [0, 0.1) is 0 Å². The van der Waals surface area contributed by atoms with Gasteiger partial charge in [-0.15, -0.1) is 0 Å². The number of hydrogen-bond acceptors (Lipinski definition) is 5. The molecule has 3 amide bonds. The van der Waals surface area contributed by atoms with Crippen LogP contribution in [-0.4, -0.2) is 42.1 Å². The molecule has 0 saturated carbocycles. The van der Waals surface area contributed by atoms with Crippen molar-refractivity contribution < 1.29 is 23.9 Å². The second kappa shape index (κ2) is 7.72. The summed E-state index contributed by atoms with van der Waals surface area (Å²) in [6.45, 7) is 1.69. The molecule has 1 fully saturated rings. The molecule has 1 aliphatic heterocycles. The first-order chi connectivity index (χ1) is 11.4. The number of methoxy groups -OCH3 is 1. The predicted molar refractivity (Wildman–Crippen MR) is 86.8 cm³/mol. The molecule has 0 bridgehead atoms. The minimum absolute atomic E-state index is 0.112. The monoisotopic (exact) mass is 332 g/mol. The van der Waals surface area contributed by atoms with Crippen LogP contribution in [0.4, 0.5) is 5.69 Å². The van der Waals surface area contributed by atoms with E-state index < -0.39 is 0 Å². The molecule has 1 heterocycles. The molecule has 1 aromatic rings. The molecule has 1 aliphatic rings. The lowest BCUT2D eigenvalue weighted by molar-refractivity contribution is -0.138. The Morgan fingerprint density at radius 3 is 2.46 bits per heavy atom. The number of Topliss-reactive ketones (excluding diaryl/α,β-unsaturated/α-hetero) is 1. The fourth-order valence-corrected chi connectivity index (χ4v) is 2.51. The molecule has 0 spiro atoms. The Hall–Kier alpha value is -2.70. The highest BCUT2D eigenvalue weighted by Gasteiger charge is 2.28. The SMILES string of the molecule is COc1ccc(C(C)=O)cc1NC(=O)CCCN1C(=O)CCC1=O. The largest absolute Gasteiger partial charge is 0.495 e. The van der Waals surface area contributed by atoms with Gasteiger partial charge in [0.15, 0.2) is 5.78 Å². The van der Waals surface area contributed by atoms with Gasteiger partial charge in [-0.1, -0.05) is 0 Å². The highest BCUT2D eigenvalue weighted by molar-refractivity contribution is 6.02. The van der Waals surface area contributed by atoms with Gasteiger partial charge < -0.3 is 10.1 Å². The van der Waals surface area contributed by atoms with Crippen LogP contribution in [0.25, 0.3) is 0 Å². The number of ether oxygens (including phenoxy) is 1. The zero-order valence-electron chi connectivity index (χ0n) is 13.8. The third-order valence-electron chi connectivity index (χ3n) is 3.82. The van der Waals surface area contributed by atoms with Crippen LogP contribution in [0.3, 0.4) is 0 Å². The van der Waals surface area contributed by atoms with Crippen molar-refractivity contribution in [2.24, 2.45) is 0 Å². The van der Waals surface area contributed by atoms with E-state index in [-0.39, 0.29) is 49.3 Å². The standard InChI is InChI=1S/C17H20N2O5/c1-11(20)12-5-6-14(24-2)13(10-12)18-15(21)4-3-9-19-16(22)7-8-17(19)23/h5-6,10H,3-4,7-9H2,1-2H3,(H,18,21). The third-order valence-corrected chi connectivity index (χ3v) is 3.82. The number of rotatable bonds is 7. The first kappa shape index (κ1) is 17.7. The highest BCUT2D eigenvalue weighted by Crippen LogP contribution is 2.26. The van der Waals surface area contributed by atoms with E-state index in [0.717, 1.165) is 0 Å². The van der Waals surface area contributed by atoms with Crippen molar-refractivity contribution in [3.05, 3.63) is 23.8 Å². The van der Waals surface area contributed by atoms with Gasteiger partial charge in [-0.05, 0) is 31.5 Å². The topological polar surface area (TPSA) is 92.8 Å². The second-order valence-electron chi connectivity index (χ2n) is 5.56. The summed E-state index contributed by atoms with van der Waals surface area (Å²) in [4.78, 5) is 47.7. The number of carbonyl (C=O) groups excluding carboxylic acids is 4. The summed E-state index contributed by atoms with van der Waals surface area (Å²) in [6, 6.07) is 4.81. The summed E-state index contributed by atoms with van der Waals surface area (Å²) in [6.07, 6.45) is 1.04. The normalized spacial score (nSPS) is 14.0. The Bertz CT molecular complexity index is 668. The summed E-state index contributed by atoms with van der Waals surface area (Å²) >= 11 is 0. The van der Waals surface area contributed by atoms with E-state index in [1.165, 1.54) is 18.9 Å². The number of hydrogen-bond donors (Lipinski definition) is 1. The molecular formula is C17H20N2O5. The molecule has 1 saturated heterocycles. The maximum absolute atomic E-state index is 12.1. The van der Waals surface area contributed by atoms with Crippen molar-refractivity contribution >= 4 is 29.2 Å². The summed E-state index contributed by atoms with van der Waals surface area (Å²) in [5.74, 6) is -0.293. The molecule has 128 valence electrons. The number of likely N-dealkylation sites (tertiary alicyclic amines) is 1. The van der Waals surface area contributed by atoms with Gasteiger partial charge in [0.05, 0.1) is 12.8 Å². The van der Waals surface area contributed by atoms with E-state index in [0.29, 0.717) is 23.4 Å². The van der Waals surface area contributed by atoms with E-state index in [1.54, 1.807) is 18.2 Å². The van der Waals surface area contributed by atoms with E-state index in [9.17, 15) is 19.2 Å². The second-order valence-corrected chi connectivity index (χ2v) is 5.56. The van der Waals surface area contributed by atoms with Gasteiger partial charge in [0.25, 0.3) is 0 Å². The molecule has 7 heteroatoms. The molecule has 0 radical (unpaired) electrons. The van der Waals surface area contributed by atoms with E-state index >= 15 is 0 Å². The van der Waals surface area contributed by atoms with E-state index in [2.05, 4.69) is 5.32 Å². The molecule has 0 aromatic heterocycles. The molecular weight excluding hydrogens is 312 g/mol. The summed E-state index contributed by atoms with van der Waals surface area (Å²) in [5.41, 5.74) is 0.892. The molecule has 0 aliphatic carbocycles. The van der Waals surface area contributed by atoms with Crippen LogP contribution in [0.2, 0.25) is 0 Å². The average Bonchev–Trinajstić information content (AvgIpc) is 2.86. The lowest BCUT2D eigenvalue weighted by atomic mass is 10.1. The number of anilines is 1. The van der Waals surface area contributed by atoms with Gasteiger partial charge in [-0.25, -0.2) is 0 Å². The maximum Gasteiger partial charge on any atom is 0.229 e. The van der Waals surface area contributed by atoms with Gasteiger partial charge in [-0.3, -0.25) is 24.1 Å². The zero-order chi connectivity index (χ0) is 17.7. The van der Waals surface area contributed by atoms with Gasteiger partial charge >= 0.3 is 0 Å². The Morgan fingerprint density at radius 1 is 1.21 bits per heavy atom. The number of carbonyl (C=O) groups is 4. The molecule has 1 N–H and O–H groups in total. The van der Waals surface area contributed by atoms with Crippen molar-refractivity contribution in [3.8, 4) is 5.75 Å². The molecule has 7 nitrogen and oxygen atoms in total. The lowest BCUT2D eigenvalue weighted by Crippen LogP contribution is -2.30. The van der Waals surface area contributed by atoms with Gasteiger partial charge in [0.2, 0.25) is 17.7 Å². The van der Waals surface area contributed by atoms with Crippen molar-refractivity contribution in [1.29, 1.82) is 0 Å². The van der Waals surface area contributed by atoms with E-state index in [4.69, 9.17) is 4.74 Å². The Balaban J connectivity index is 1.92. The summed E-state index contributed by atoms with van der Waals surface area (Å²) in [5, 5.41) is 2.70. The van der Waals surface area contributed by atoms with Crippen molar-refractivity contribution in [2.75, 3.05) is 19.0 Å². The number of amides is 3. The smallest absolute Gasteiger partial charge is 0.229 e. The van der Waals surface area contributed by atoms with E-state index in [1.807, 2.05) is 0 Å². The highest BCUT2D eigenvalue weighted by atomic mass is 16.5. The minimum Gasteiger partial charge on any atom is -0.495 e. The van der Waals surface area contributed by atoms with Crippen LogP contribution in [0.1, 0.15) is 43.0 Å². The van der Waals surface area contributed by atoms with Crippen LogP contribution < -0.4 is 10.1 Å². The van der Waals surface area contributed by atoms with Crippen molar-refractivity contribution in [2.45, 2.75) is 32.6 Å². The number of nitrogens with zero attached hydrogens (tertiary/aromatic N) is 1. The van der Waals surface area contributed by atoms with Gasteiger partial charge in [0, 0.05) is 31.4 Å². The Morgan fingerprint density at radius 2 is 1.88 bits per heavy atom. The molecule has 2 rings (SSSR count). The molecule has 0 unspecified atom stereocenters. The quantitative estimate of drug-likeness (QED) is 0.607. The summed E-state index contributed by atoms with van der Waals surface area (Å²) in [7, 11) is 1.48. The molecule has 24 heavy (non-hydrogen) atoms. The maximum atomic E-state index is 12.1. The average molecular weight is 332 g/mol. The lowest BCUT2D eigenvalue weighted by Gasteiger charge is -2.14. The summed E-state index contributed by atoms with van der Waals surface area (Å²) < 4.78 is 5.17. The van der Waals surface area contributed by atoms with Gasteiger partial charge in [0.1, 0.15) is 5.75 Å². The van der Waals surface area contributed by atoms with Crippen molar-refractivity contribution in [1.82, 2.24) is 4.90 Å². The van der Waals surface area contributed by atoms with Crippen LogP contribution in [0.15, 0.2) is 18.2 Å². The Kier molecular flexibility index (Phi) is 5.68.